The lowest BCUT2D eigenvalue weighted by Gasteiger charge is -2.16. The Balaban J connectivity index is 2.09. The summed E-state index contributed by atoms with van der Waals surface area (Å²) < 4.78 is 5.64. The highest BCUT2D eigenvalue weighted by Crippen LogP contribution is 2.15. The molecule has 1 heterocycles. The minimum Gasteiger partial charge on any atom is -0.480 e. The number of carbonyl (C=O) groups is 1. The first-order valence-corrected chi connectivity index (χ1v) is 6.50. The predicted molar refractivity (Wildman–Crippen MR) is 78.4 cm³/mol. The molecule has 0 atom stereocenters. The van der Waals surface area contributed by atoms with Crippen LogP contribution in [-0.4, -0.2) is 34.6 Å². The molecule has 0 amide bonds. The van der Waals surface area contributed by atoms with Crippen LogP contribution in [0.25, 0.3) is 0 Å². The summed E-state index contributed by atoms with van der Waals surface area (Å²) in [6.45, 7) is 2.05. The molecular weight excluding hydrogens is 270 g/mol. The maximum Gasteiger partial charge on any atom is 0.323 e. The molecule has 6 nitrogen and oxygen atoms in total. The van der Waals surface area contributed by atoms with Gasteiger partial charge in [-0.25, -0.2) is 4.98 Å². The Kier molecular flexibility index (Phi) is 4.71. The minimum atomic E-state index is -0.936. The van der Waals surface area contributed by atoms with Gasteiger partial charge in [-0.1, -0.05) is 30.3 Å². The third kappa shape index (κ3) is 4.45. The molecule has 0 saturated carbocycles. The number of ether oxygens (including phenoxy) is 1. The number of aromatic nitrogens is 2. The standard InChI is InChI=1S/C15H17N3O3/c1-11-8-13(21-10-12-6-4-3-5-7-12)17-15(16-11)18(2)9-14(19)20/h3-8H,9-10H2,1-2H3,(H,19,20). The highest BCUT2D eigenvalue weighted by Gasteiger charge is 2.11. The molecule has 6 heteroatoms. The third-order valence-corrected chi connectivity index (χ3v) is 2.76. The fraction of sp³-hybridized carbons (Fsp3) is 0.267. The van der Waals surface area contributed by atoms with Crippen molar-refractivity contribution in [1.29, 1.82) is 0 Å². The monoisotopic (exact) mass is 287 g/mol. The van der Waals surface area contributed by atoms with E-state index in [1.165, 1.54) is 4.90 Å². The molecule has 0 saturated heterocycles. The van der Waals surface area contributed by atoms with Crippen LogP contribution in [0.15, 0.2) is 36.4 Å². The molecule has 0 spiro atoms. The van der Waals surface area contributed by atoms with Crippen LogP contribution in [0.3, 0.4) is 0 Å². The first-order valence-electron chi connectivity index (χ1n) is 6.50. The quantitative estimate of drug-likeness (QED) is 0.874. The van der Waals surface area contributed by atoms with Crippen LogP contribution in [0.1, 0.15) is 11.3 Å². The number of hydrogen-bond donors (Lipinski definition) is 1. The Hall–Kier alpha value is -2.63. The summed E-state index contributed by atoms with van der Waals surface area (Å²) in [5.41, 5.74) is 1.76. The number of rotatable bonds is 6. The van der Waals surface area contributed by atoms with Crippen molar-refractivity contribution in [3.05, 3.63) is 47.7 Å². The van der Waals surface area contributed by atoms with Crippen molar-refractivity contribution in [2.45, 2.75) is 13.5 Å². The molecule has 0 radical (unpaired) electrons. The van der Waals surface area contributed by atoms with E-state index in [0.29, 0.717) is 18.4 Å². The summed E-state index contributed by atoms with van der Waals surface area (Å²) in [7, 11) is 1.63. The van der Waals surface area contributed by atoms with Crippen molar-refractivity contribution < 1.29 is 14.6 Å². The van der Waals surface area contributed by atoms with E-state index in [4.69, 9.17) is 9.84 Å². The average Bonchev–Trinajstić information content (AvgIpc) is 2.45. The first-order chi connectivity index (χ1) is 10.0. The zero-order valence-electron chi connectivity index (χ0n) is 12.0. The summed E-state index contributed by atoms with van der Waals surface area (Å²) in [4.78, 5) is 20.6. The van der Waals surface area contributed by atoms with Crippen molar-refractivity contribution in [1.82, 2.24) is 9.97 Å². The van der Waals surface area contributed by atoms with Crippen molar-refractivity contribution >= 4 is 11.9 Å². The topological polar surface area (TPSA) is 75.5 Å². The molecule has 21 heavy (non-hydrogen) atoms. The Labute approximate surface area is 123 Å². The summed E-state index contributed by atoms with van der Waals surface area (Å²) in [5.74, 6) is -0.173. The van der Waals surface area contributed by atoms with E-state index in [-0.39, 0.29) is 6.54 Å². The van der Waals surface area contributed by atoms with Gasteiger partial charge in [0.2, 0.25) is 11.8 Å². The van der Waals surface area contributed by atoms with E-state index in [1.807, 2.05) is 37.3 Å². The lowest BCUT2D eigenvalue weighted by molar-refractivity contribution is -0.135. The largest absolute Gasteiger partial charge is 0.480 e. The summed E-state index contributed by atoms with van der Waals surface area (Å²) in [6, 6.07) is 11.5. The van der Waals surface area contributed by atoms with Gasteiger partial charge < -0.3 is 14.7 Å². The van der Waals surface area contributed by atoms with Gasteiger partial charge in [-0.15, -0.1) is 0 Å². The number of hydrogen-bond acceptors (Lipinski definition) is 5. The van der Waals surface area contributed by atoms with E-state index in [9.17, 15) is 4.79 Å². The van der Waals surface area contributed by atoms with Gasteiger partial charge in [-0.05, 0) is 12.5 Å². The van der Waals surface area contributed by atoms with Gasteiger partial charge in [0.05, 0.1) is 0 Å². The molecule has 0 aliphatic rings. The molecule has 0 bridgehead atoms. The molecule has 0 aliphatic carbocycles. The van der Waals surface area contributed by atoms with Gasteiger partial charge in [-0.2, -0.15) is 4.98 Å². The Morgan fingerprint density at radius 1 is 1.29 bits per heavy atom. The molecule has 1 N–H and O–H groups in total. The predicted octanol–water partition coefficient (Wildman–Crippen LogP) is 1.88. The summed E-state index contributed by atoms with van der Waals surface area (Å²) >= 11 is 0. The number of carboxylic acid groups (broad SMARTS) is 1. The fourth-order valence-corrected chi connectivity index (χ4v) is 1.77. The van der Waals surface area contributed by atoms with Gasteiger partial charge in [0.25, 0.3) is 0 Å². The van der Waals surface area contributed by atoms with Crippen LogP contribution >= 0.6 is 0 Å². The first kappa shape index (κ1) is 14.8. The minimum absolute atomic E-state index is 0.165. The van der Waals surface area contributed by atoms with Crippen molar-refractivity contribution in [3.63, 3.8) is 0 Å². The number of anilines is 1. The highest BCUT2D eigenvalue weighted by atomic mass is 16.5. The number of benzene rings is 1. The Morgan fingerprint density at radius 2 is 2.00 bits per heavy atom. The van der Waals surface area contributed by atoms with E-state index in [2.05, 4.69) is 9.97 Å². The van der Waals surface area contributed by atoms with Crippen molar-refractivity contribution in [3.8, 4) is 5.88 Å². The van der Waals surface area contributed by atoms with Crippen LogP contribution in [0, 0.1) is 6.92 Å². The number of carboxylic acids is 1. The molecule has 2 aromatic rings. The number of nitrogens with zero attached hydrogens (tertiary/aromatic N) is 3. The van der Waals surface area contributed by atoms with Crippen LogP contribution in [0.5, 0.6) is 5.88 Å². The second kappa shape index (κ2) is 6.69. The van der Waals surface area contributed by atoms with Crippen LogP contribution < -0.4 is 9.64 Å². The van der Waals surface area contributed by atoms with E-state index >= 15 is 0 Å². The van der Waals surface area contributed by atoms with Gasteiger partial charge in [0.15, 0.2) is 0 Å². The van der Waals surface area contributed by atoms with Crippen LogP contribution in [0.2, 0.25) is 0 Å². The van der Waals surface area contributed by atoms with Crippen molar-refractivity contribution in [2.75, 3.05) is 18.5 Å². The molecule has 110 valence electrons. The number of aliphatic carboxylic acids is 1. The number of aryl methyl sites for hydroxylation is 1. The van der Waals surface area contributed by atoms with Gasteiger partial charge >= 0.3 is 5.97 Å². The molecule has 2 rings (SSSR count). The zero-order valence-corrected chi connectivity index (χ0v) is 12.0. The second-order valence-corrected chi connectivity index (χ2v) is 4.67. The van der Waals surface area contributed by atoms with Crippen LogP contribution in [0.4, 0.5) is 5.95 Å². The highest BCUT2D eigenvalue weighted by molar-refractivity contribution is 5.72. The SMILES string of the molecule is Cc1cc(OCc2ccccc2)nc(N(C)CC(=O)O)n1. The van der Waals surface area contributed by atoms with Gasteiger partial charge in [-0.3, -0.25) is 4.79 Å². The van der Waals surface area contributed by atoms with E-state index in [1.54, 1.807) is 13.1 Å². The second-order valence-electron chi connectivity index (χ2n) is 4.67. The smallest absolute Gasteiger partial charge is 0.323 e. The van der Waals surface area contributed by atoms with Crippen LogP contribution in [-0.2, 0) is 11.4 Å². The average molecular weight is 287 g/mol. The summed E-state index contributed by atoms with van der Waals surface area (Å²) in [6.07, 6.45) is 0. The van der Waals surface area contributed by atoms with Gasteiger partial charge in [0.1, 0.15) is 13.2 Å². The maximum atomic E-state index is 10.7. The molecule has 0 fully saturated rings. The normalized spacial score (nSPS) is 10.2. The molecular formula is C15H17N3O3. The van der Waals surface area contributed by atoms with E-state index < -0.39 is 5.97 Å². The Bertz CT molecular complexity index is 617. The fourth-order valence-electron chi connectivity index (χ4n) is 1.77. The molecule has 0 aliphatic heterocycles. The lowest BCUT2D eigenvalue weighted by atomic mass is 10.2. The number of likely N-dealkylation sites (N-methyl/N-ethyl adjacent to an activating group) is 1. The van der Waals surface area contributed by atoms with E-state index in [0.717, 1.165) is 11.3 Å². The summed E-state index contributed by atoms with van der Waals surface area (Å²) in [5, 5.41) is 8.81. The zero-order chi connectivity index (χ0) is 15.2. The maximum absolute atomic E-state index is 10.7. The molecule has 1 aromatic heterocycles. The molecule has 0 unspecified atom stereocenters. The lowest BCUT2D eigenvalue weighted by Crippen LogP contribution is -2.27. The van der Waals surface area contributed by atoms with Gasteiger partial charge in [0, 0.05) is 18.8 Å². The Morgan fingerprint density at radius 3 is 2.67 bits per heavy atom. The third-order valence-electron chi connectivity index (χ3n) is 2.76. The molecule has 1 aromatic carbocycles. The van der Waals surface area contributed by atoms with Crippen molar-refractivity contribution in [2.24, 2.45) is 0 Å².